The average Bonchev–Trinajstić information content (AvgIpc) is 2.45. The SMILES string of the molecule is O=C1c2ccccc2CCC1Cc1ccc(I)cc1. The normalized spacial score (nSPS) is 18.2. The van der Waals surface area contributed by atoms with Crippen LogP contribution in [0.3, 0.4) is 0 Å². The standard InChI is InChI=1S/C17H15IO/c18-15-9-5-12(6-10-15)11-14-8-7-13-3-1-2-4-16(13)17(14)19/h1-6,9-10,14H,7-8,11H2. The van der Waals surface area contributed by atoms with Crippen molar-refractivity contribution in [2.45, 2.75) is 19.3 Å². The van der Waals surface area contributed by atoms with Crippen LogP contribution in [-0.4, -0.2) is 5.78 Å². The Morgan fingerprint density at radius 1 is 1.05 bits per heavy atom. The molecule has 2 aromatic carbocycles. The van der Waals surface area contributed by atoms with E-state index in [0.29, 0.717) is 5.78 Å². The molecule has 2 heteroatoms. The van der Waals surface area contributed by atoms with E-state index in [9.17, 15) is 4.79 Å². The van der Waals surface area contributed by atoms with Gasteiger partial charge in [-0.15, -0.1) is 0 Å². The highest BCUT2D eigenvalue weighted by Gasteiger charge is 2.26. The predicted octanol–water partition coefficient (Wildman–Crippen LogP) is 4.28. The third-order valence-corrected chi connectivity index (χ3v) is 4.53. The number of hydrogen-bond donors (Lipinski definition) is 0. The fourth-order valence-corrected chi connectivity index (χ4v) is 3.12. The number of benzene rings is 2. The largest absolute Gasteiger partial charge is 0.294 e. The summed E-state index contributed by atoms with van der Waals surface area (Å²) in [6, 6.07) is 16.5. The van der Waals surface area contributed by atoms with Crippen LogP contribution in [0, 0.1) is 9.49 Å². The zero-order valence-corrected chi connectivity index (χ0v) is 12.8. The minimum absolute atomic E-state index is 0.148. The Labute approximate surface area is 127 Å². The van der Waals surface area contributed by atoms with Crippen LogP contribution in [0.2, 0.25) is 0 Å². The van der Waals surface area contributed by atoms with Crippen molar-refractivity contribution in [2.24, 2.45) is 5.92 Å². The Kier molecular flexibility index (Phi) is 3.69. The van der Waals surface area contributed by atoms with Gasteiger partial charge in [-0.3, -0.25) is 4.79 Å². The van der Waals surface area contributed by atoms with Crippen molar-refractivity contribution in [3.05, 3.63) is 68.8 Å². The molecule has 0 aromatic heterocycles. The molecule has 0 saturated heterocycles. The number of Topliss-reactive ketones (excluding diaryl/α,β-unsaturated/α-hetero) is 1. The van der Waals surface area contributed by atoms with Crippen LogP contribution in [0.1, 0.15) is 27.9 Å². The summed E-state index contributed by atoms with van der Waals surface area (Å²) < 4.78 is 1.24. The third-order valence-electron chi connectivity index (χ3n) is 3.81. The zero-order valence-electron chi connectivity index (χ0n) is 10.6. The first-order valence-corrected chi connectivity index (χ1v) is 7.68. The molecule has 1 aliphatic carbocycles. The number of carbonyl (C=O) groups excluding carboxylic acids is 1. The predicted molar refractivity (Wildman–Crippen MR) is 85.4 cm³/mol. The zero-order chi connectivity index (χ0) is 13.2. The van der Waals surface area contributed by atoms with Crippen molar-refractivity contribution in [3.8, 4) is 0 Å². The number of halogens is 1. The first-order chi connectivity index (χ1) is 9.24. The maximum Gasteiger partial charge on any atom is 0.166 e. The number of carbonyl (C=O) groups is 1. The van der Waals surface area contributed by atoms with E-state index in [1.54, 1.807) is 0 Å². The molecule has 0 fully saturated rings. The molecular weight excluding hydrogens is 347 g/mol. The van der Waals surface area contributed by atoms with Gasteiger partial charge in [-0.1, -0.05) is 36.4 Å². The second-order valence-electron chi connectivity index (χ2n) is 5.09. The Bertz CT molecular complexity index is 601. The van der Waals surface area contributed by atoms with Crippen LogP contribution in [0.25, 0.3) is 0 Å². The smallest absolute Gasteiger partial charge is 0.166 e. The van der Waals surface area contributed by atoms with E-state index >= 15 is 0 Å². The van der Waals surface area contributed by atoms with Gasteiger partial charge >= 0.3 is 0 Å². The van der Waals surface area contributed by atoms with E-state index in [-0.39, 0.29) is 5.92 Å². The molecule has 0 heterocycles. The van der Waals surface area contributed by atoms with Crippen molar-refractivity contribution >= 4 is 28.4 Å². The molecule has 0 spiro atoms. The van der Waals surface area contributed by atoms with E-state index in [1.807, 2.05) is 18.2 Å². The average molecular weight is 362 g/mol. The second-order valence-corrected chi connectivity index (χ2v) is 6.33. The Morgan fingerprint density at radius 3 is 2.58 bits per heavy atom. The van der Waals surface area contributed by atoms with Crippen LogP contribution in [-0.2, 0) is 12.8 Å². The van der Waals surface area contributed by atoms with Crippen LogP contribution in [0.15, 0.2) is 48.5 Å². The van der Waals surface area contributed by atoms with Crippen LogP contribution < -0.4 is 0 Å². The van der Waals surface area contributed by atoms with Gasteiger partial charge in [-0.2, -0.15) is 0 Å². The molecule has 0 saturated carbocycles. The Morgan fingerprint density at radius 2 is 1.79 bits per heavy atom. The Hall–Kier alpha value is -1.16. The molecule has 19 heavy (non-hydrogen) atoms. The molecule has 0 radical (unpaired) electrons. The minimum atomic E-state index is 0.148. The van der Waals surface area contributed by atoms with Gasteiger partial charge in [0.1, 0.15) is 0 Å². The van der Waals surface area contributed by atoms with E-state index in [4.69, 9.17) is 0 Å². The third kappa shape index (κ3) is 2.73. The fourth-order valence-electron chi connectivity index (χ4n) is 2.76. The van der Waals surface area contributed by atoms with Gasteiger partial charge in [0.15, 0.2) is 5.78 Å². The second kappa shape index (κ2) is 5.45. The number of aryl methyl sites for hydroxylation is 1. The molecule has 0 aliphatic heterocycles. The number of rotatable bonds is 2. The molecule has 0 amide bonds. The lowest BCUT2D eigenvalue weighted by molar-refractivity contribution is 0.0901. The molecule has 0 bridgehead atoms. The summed E-state index contributed by atoms with van der Waals surface area (Å²) in [4.78, 5) is 12.5. The maximum atomic E-state index is 12.5. The van der Waals surface area contributed by atoms with Gasteiger partial charge in [-0.05, 0) is 65.1 Å². The monoisotopic (exact) mass is 362 g/mol. The van der Waals surface area contributed by atoms with Gasteiger partial charge in [0, 0.05) is 15.1 Å². The maximum absolute atomic E-state index is 12.5. The first kappa shape index (κ1) is 12.9. The highest BCUT2D eigenvalue weighted by molar-refractivity contribution is 14.1. The molecule has 3 rings (SSSR count). The number of fused-ring (bicyclic) bond motifs is 1. The summed E-state index contributed by atoms with van der Waals surface area (Å²) in [7, 11) is 0. The Balaban J connectivity index is 1.81. The quantitative estimate of drug-likeness (QED) is 0.729. The summed E-state index contributed by atoms with van der Waals surface area (Å²) in [6.45, 7) is 0. The van der Waals surface area contributed by atoms with Crippen molar-refractivity contribution in [1.82, 2.24) is 0 Å². The van der Waals surface area contributed by atoms with Crippen molar-refractivity contribution in [2.75, 3.05) is 0 Å². The topological polar surface area (TPSA) is 17.1 Å². The van der Waals surface area contributed by atoms with Crippen LogP contribution >= 0.6 is 22.6 Å². The summed E-state index contributed by atoms with van der Waals surface area (Å²) in [5, 5.41) is 0. The number of hydrogen-bond acceptors (Lipinski definition) is 1. The van der Waals surface area contributed by atoms with E-state index in [1.165, 1.54) is 14.7 Å². The van der Waals surface area contributed by atoms with Crippen LogP contribution in [0.5, 0.6) is 0 Å². The summed E-state index contributed by atoms with van der Waals surface area (Å²) in [6.07, 6.45) is 2.86. The van der Waals surface area contributed by atoms with Crippen LogP contribution in [0.4, 0.5) is 0 Å². The van der Waals surface area contributed by atoms with Crippen molar-refractivity contribution in [3.63, 3.8) is 0 Å². The van der Waals surface area contributed by atoms with Gasteiger partial charge in [0.25, 0.3) is 0 Å². The summed E-state index contributed by atoms with van der Waals surface area (Å²) in [5.41, 5.74) is 3.41. The molecular formula is C17H15IO. The fraction of sp³-hybridized carbons (Fsp3) is 0.235. The summed E-state index contributed by atoms with van der Waals surface area (Å²) in [5.74, 6) is 0.468. The van der Waals surface area contributed by atoms with Gasteiger partial charge < -0.3 is 0 Å². The lowest BCUT2D eigenvalue weighted by atomic mass is 9.80. The van der Waals surface area contributed by atoms with Crippen molar-refractivity contribution in [1.29, 1.82) is 0 Å². The van der Waals surface area contributed by atoms with Gasteiger partial charge in [0.05, 0.1) is 0 Å². The highest BCUT2D eigenvalue weighted by Crippen LogP contribution is 2.28. The van der Waals surface area contributed by atoms with E-state index in [0.717, 1.165) is 24.8 Å². The molecule has 1 aliphatic rings. The van der Waals surface area contributed by atoms with E-state index in [2.05, 4.69) is 52.9 Å². The lowest BCUT2D eigenvalue weighted by Crippen LogP contribution is -2.24. The van der Waals surface area contributed by atoms with Gasteiger partial charge in [0.2, 0.25) is 0 Å². The highest BCUT2D eigenvalue weighted by atomic mass is 127. The van der Waals surface area contributed by atoms with Crippen molar-refractivity contribution < 1.29 is 4.79 Å². The van der Waals surface area contributed by atoms with Gasteiger partial charge in [-0.25, -0.2) is 0 Å². The molecule has 0 N–H and O–H groups in total. The molecule has 1 atom stereocenters. The lowest BCUT2D eigenvalue weighted by Gasteiger charge is -2.23. The first-order valence-electron chi connectivity index (χ1n) is 6.60. The van der Waals surface area contributed by atoms with E-state index < -0.39 is 0 Å². The molecule has 1 unspecified atom stereocenters. The molecule has 96 valence electrons. The summed E-state index contributed by atoms with van der Waals surface area (Å²) >= 11 is 2.30. The minimum Gasteiger partial charge on any atom is -0.294 e. The molecule has 2 aromatic rings. The molecule has 1 nitrogen and oxygen atoms in total. The number of ketones is 1.